The van der Waals surface area contributed by atoms with E-state index in [0.29, 0.717) is 0 Å². The number of hydrogen-bond acceptors (Lipinski definition) is 3. The summed E-state index contributed by atoms with van der Waals surface area (Å²) >= 11 is 1.59. The molecule has 2 nitrogen and oxygen atoms in total. The Morgan fingerprint density at radius 3 is 2.93 bits per heavy atom. The van der Waals surface area contributed by atoms with E-state index in [0.717, 1.165) is 15.3 Å². The molecule has 3 heteroatoms. The molecule has 1 aromatic rings. The second kappa shape index (κ2) is 5.25. The van der Waals surface area contributed by atoms with Crippen molar-refractivity contribution in [3.63, 3.8) is 0 Å². The lowest BCUT2D eigenvalue weighted by molar-refractivity contribution is 1.11. The summed E-state index contributed by atoms with van der Waals surface area (Å²) in [6.45, 7) is 0. The first kappa shape index (κ1) is 10.6. The van der Waals surface area contributed by atoms with Crippen molar-refractivity contribution in [2.24, 2.45) is 4.99 Å². The van der Waals surface area contributed by atoms with Gasteiger partial charge in [-0.05, 0) is 12.1 Å². The molecule has 1 heterocycles. The van der Waals surface area contributed by atoms with E-state index in [1.807, 2.05) is 31.6 Å². The minimum Gasteiger partial charge on any atom is -0.393 e. The van der Waals surface area contributed by atoms with Crippen LogP contribution in [0.5, 0.6) is 0 Å². The van der Waals surface area contributed by atoms with Gasteiger partial charge in [0, 0.05) is 37.0 Å². The summed E-state index contributed by atoms with van der Waals surface area (Å²) in [5.74, 6) is 2.61. The lowest BCUT2D eigenvalue weighted by Gasteiger charge is -1.96. The van der Waals surface area contributed by atoms with Crippen LogP contribution in [0.25, 0.3) is 5.57 Å². The summed E-state index contributed by atoms with van der Waals surface area (Å²) in [4.78, 5) is 6.05. The molecule has 1 N–H and O–H groups in total. The summed E-state index contributed by atoms with van der Waals surface area (Å²) in [6.07, 6.45) is 9.01. The van der Waals surface area contributed by atoms with Crippen LogP contribution in [-0.4, -0.2) is 20.3 Å². The Labute approximate surface area is 88.4 Å². The van der Waals surface area contributed by atoms with Gasteiger partial charge in [-0.25, -0.2) is 0 Å². The van der Waals surface area contributed by atoms with Crippen LogP contribution in [0.2, 0.25) is 0 Å². The van der Waals surface area contributed by atoms with E-state index in [4.69, 9.17) is 6.42 Å². The molecule has 0 aromatic carbocycles. The Kier molecular flexibility index (Phi) is 3.96. The molecule has 1 rings (SSSR count). The molecule has 0 fully saturated rings. The first-order valence-corrected chi connectivity index (χ1v) is 5.00. The summed E-state index contributed by atoms with van der Waals surface area (Å²) in [5, 5.41) is 2.98. The standard InChI is InChI=1S/C11H12N2S/c1-4-10-5-6-11(14-10)9(7-12-2)8-13-3/h1,5-8,12H,2-3H3/b9-7+,13-8?. The Balaban J connectivity index is 3.01. The molecular weight excluding hydrogens is 192 g/mol. The maximum atomic E-state index is 5.30. The normalized spacial score (nSPS) is 11.6. The van der Waals surface area contributed by atoms with Gasteiger partial charge in [0.15, 0.2) is 0 Å². The summed E-state index contributed by atoms with van der Waals surface area (Å²) < 4.78 is 0. The maximum absolute atomic E-state index is 5.30. The van der Waals surface area contributed by atoms with Crippen LogP contribution in [0.15, 0.2) is 23.3 Å². The predicted octanol–water partition coefficient (Wildman–Crippen LogP) is 1.99. The fourth-order valence-corrected chi connectivity index (χ4v) is 1.83. The molecule has 1 aromatic heterocycles. The number of thiophene rings is 1. The molecule has 0 saturated heterocycles. The van der Waals surface area contributed by atoms with Crippen molar-refractivity contribution >= 4 is 23.1 Å². The van der Waals surface area contributed by atoms with Gasteiger partial charge in [0.1, 0.15) is 0 Å². The molecule has 14 heavy (non-hydrogen) atoms. The third-order valence-corrected chi connectivity index (χ3v) is 2.67. The van der Waals surface area contributed by atoms with Crippen LogP contribution in [-0.2, 0) is 0 Å². The Morgan fingerprint density at radius 2 is 2.43 bits per heavy atom. The number of hydrogen-bond donors (Lipinski definition) is 1. The van der Waals surface area contributed by atoms with Gasteiger partial charge in [-0.2, -0.15) is 0 Å². The van der Waals surface area contributed by atoms with Gasteiger partial charge in [-0.3, -0.25) is 4.99 Å². The summed E-state index contributed by atoms with van der Waals surface area (Å²) in [6, 6.07) is 3.94. The zero-order valence-corrected chi connectivity index (χ0v) is 9.06. The number of aliphatic imine (C=N–C) groups is 1. The van der Waals surface area contributed by atoms with Gasteiger partial charge >= 0.3 is 0 Å². The van der Waals surface area contributed by atoms with Gasteiger partial charge in [0.2, 0.25) is 0 Å². The van der Waals surface area contributed by atoms with Crippen molar-refractivity contribution < 1.29 is 0 Å². The third-order valence-electron chi connectivity index (χ3n) is 1.60. The van der Waals surface area contributed by atoms with Crippen molar-refractivity contribution in [3.05, 3.63) is 28.1 Å². The predicted molar refractivity (Wildman–Crippen MR) is 63.7 cm³/mol. The molecule has 0 aliphatic heterocycles. The Hall–Kier alpha value is -1.53. The average molecular weight is 204 g/mol. The van der Waals surface area contributed by atoms with Gasteiger partial charge in [-0.1, -0.05) is 5.92 Å². The molecule has 0 aliphatic carbocycles. The number of allylic oxidation sites excluding steroid dienone is 1. The van der Waals surface area contributed by atoms with Crippen LogP contribution in [0.1, 0.15) is 9.75 Å². The van der Waals surface area contributed by atoms with Crippen LogP contribution in [0, 0.1) is 12.3 Å². The molecule has 0 bridgehead atoms. The highest BCUT2D eigenvalue weighted by atomic mass is 32.1. The van der Waals surface area contributed by atoms with E-state index in [-0.39, 0.29) is 0 Å². The molecule has 0 amide bonds. The van der Waals surface area contributed by atoms with E-state index in [1.165, 1.54) is 0 Å². The van der Waals surface area contributed by atoms with E-state index >= 15 is 0 Å². The van der Waals surface area contributed by atoms with Crippen LogP contribution < -0.4 is 5.32 Å². The zero-order valence-electron chi connectivity index (χ0n) is 8.24. The van der Waals surface area contributed by atoms with Crippen molar-refractivity contribution in [2.75, 3.05) is 14.1 Å². The second-order valence-electron chi connectivity index (χ2n) is 2.58. The fourth-order valence-electron chi connectivity index (χ4n) is 1.04. The maximum Gasteiger partial charge on any atom is 0.0772 e. The first-order valence-electron chi connectivity index (χ1n) is 4.18. The Bertz CT molecular complexity index is 394. The lowest BCUT2D eigenvalue weighted by atomic mass is 10.2. The van der Waals surface area contributed by atoms with Gasteiger partial charge in [0.25, 0.3) is 0 Å². The molecule has 0 unspecified atom stereocenters. The largest absolute Gasteiger partial charge is 0.393 e. The lowest BCUT2D eigenvalue weighted by Crippen LogP contribution is -1.95. The molecule has 0 spiro atoms. The van der Waals surface area contributed by atoms with Crippen molar-refractivity contribution in [1.82, 2.24) is 5.32 Å². The average Bonchev–Trinajstić information content (AvgIpc) is 2.65. The van der Waals surface area contributed by atoms with Gasteiger partial charge in [0.05, 0.1) is 4.88 Å². The number of nitrogens with one attached hydrogen (secondary N) is 1. The van der Waals surface area contributed by atoms with Crippen LogP contribution in [0.4, 0.5) is 0 Å². The Morgan fingerprint density at radius 1 is 1.64 bits per heavy atom. The first-order chi connectivity index (χ1) is 6.81. The van der Waals surface area contributed by atoms with Crippen molar-refractivity contribution in [1.29, 1.82) is 0 Å². The highest BCUT2D eigenvalue weighted by molar-refractivity contribution is 7.14. The minimum absolute atomic E-state index is 0.937. The number of rotatable bonds is 3. The summed E-state index contributed by atoms with van der Waals surface area (Å²) in [7, 11) is 3.61. The third kappa shape index (κ3) is 2.48. The fraction of sp³-hybridized carbons (Fsp3) is 0.182. The highest BCUT2D eigenvalue weighted by Gasteiger charge is 2.01. The zero-order chi connectivity index (χ0) is 10.4. The molecule has 0 radical (unpaired) electrons. The van der Waals surface area contributed by atoms with Crippen molar-refractivity contribution in [3.8, 4) is 12.3 Å². The highest BCUT2D eigenvalue weighted by Crippen LogP contribution is 2.22. The molecular formula is C11H12N2S. The van der Waals surface area contributed by atoms with Crippen LogP contribution in [0.3, 0.4) is 0 Å². The molecule has 72 valence electrons. The number of terminal acetylenes is 1. The van der Waals surface area contributed by atoms with Crippen molar-refractivity contribution in [2.45, 2.75) is 0 Å². The van der Waals surface area contributed by atoms with E-state index in [1.54, 1.807) is 18.4 Å². The smallest absolute Gasteiger partial charge is 0.0772 e. The second-order valence-corrected chi connectivity index (χ2v) is 3.67. The quantitative estimate of drug-likeness (QED) is 0.591. The molecule has 0 aliphatic rings. The van der Waals surface area contributed by atoms with E-state index < -0.39 is 0 Å². The van der Waals surface area contributed by atoms with E-state index in [9.17, 15) is 0 Å². The monoisotopic (exact) mass is 204 g/mol. The summed E-state index contributed by atoms with van der Waals surface area (Å²) in [5.41, 5.74) is 1.04. The molecule has 0 atom stereocenters. The number of nitrogens with zero attached hydrogens (tertiary/aromatic N) is 1. The SMILES string of the molecule is C#Cc1ccc(/C(C=NC)=C/NC)s1. The van der Waals surface area contributed by atoms with E-state index in [2.05, 4.69) is 16.2 Å². The van der Waals surface area contributed by atoms with Crippen LogP contribution >= 0.6 is 11.3 Å². The topological polar surface area (TPSA) is 24.4 Å². The minimum atomic E-state index is 0.937. The van der Waals surface area contributed by atoms with Gasteiger partial charge < -0.3 is 5.32 Å². The van der Waals surface area contributed by atoms with Gasteiger partial charge in [-0.15, -0.1) is 17.8 Å². The molecule has 0 saturated carbocycles.